The quantitative estimate of drug-likeness (QED) is 0.176. The lowest BCUT2D eigenvalue weighted by molar-refractivity contribution is 1.28. The number of para-hydroxylation sites is 1. The van der Waals surface area contributed by atoms with E-state index in [9.17, 15) is 0 Å². The van der Waals surface area contributed by atoms with E-state index in [0.717, 1.165) is 17.1 Å². The lowest BCUT2D eigenvalue weighted by atomic mass is 9.95. The molecule has 0 spiro atoms. The molecule has 8 aromatic rings. The number of anilines is 3. The van der Waals surface area contributed by atoms with Crippen molar-refractivity contribution < 1.29 is 0 Å². The Kier molecular flexibility index (Phi) is 7.63. The van der Waals surface area contributed by atoms with Crippen LogP contribution in [0.15, 0.2) is 200 Å². The van der Waals surface area contributed by atoms with Crippen LogP contribution in [0.1, 0.15) is 0 Å². The molecule has 0 saturated heterocycles. The summed E-state index contributed by atoms with van der Waals surface area (Å²) < 4.78 is 0. The molecule has 0 bridgehead atoms. The highest BCUT2D eigenvalue weighted by molar-refractivity contribution is 5.97. The molecule has 0 fully saturated rings. The average molecular weight is 600 g/mol. The van der Waals surface area contributed by atoms with Gasteiger partial charge in [-0.25, -0.2) is 0 Å². The highest BCUT2D eigenvalue weighted by Crippen LogP contribution is 2.38. The van der Waals surface area contributed by atoms with Gasteiger partial charge >= 0.3 is 0 Å². The van der Waals surface area contributed by atoms with Gasteiger partial charge in [-0.1, -0.05) is 158 Å². The summed E-state index contributed by atoms with van der Waals surface area (Å²) in [6, 6.07) is 71.7. The Bertz CT molecular complexity index is 2260. The molecule has 0 aliphatic heterocycles. The Morgan fingerprint density at radius 2 is 0.702 bits per heavy atom. The van der Waals surface area contributed by atoms with Gasteiger partial charge in [0.2, 0.25) is 0 Å². The summed E-state index contributed by atoms with van der Waals surface area (Å²) in [6.45, 7) is 0. The molecular formula is C46H33N. The third kappa shape index (κ3) is 5.83. The number of hydrogen-bond donors (Lipinski definition) is 0. The largest absolute Gasteiger partial charge is 0.310 e. The molecule has 8 rings (SSSR count). The van der Waals surface area contributed by atoms with Crippen LogP contribution in [0.25, 0.3) is 55.3 Å². The van der Waals surface area contributed by atoms with Crippen LogP contribution in [-0.2, 0) is 0 Å². The molecule has 0 radical (unpaired) electrons. The molecular weight excluding hydrogens is 567 g/mol. The predicted octanol–water partition coefficient (Wildman–Crippen LogP) is 13.0. The van der Waals surface area contributed by atoms with Crippen LogP contribution in [0.4, 0.5) is 17.1 Å². The SMILES string of the molecule is c1ccc(-c2ccc(-c3cccc(N(c4ccccc4)c4ccc(-c5cccc(-c6cccc7ccccc67)c5)cc4)c3)cc2)cc1. The Hall–Kier alpha value is -6.18. The van der Waals surface area contributed by atoms with Crippen LogP contribution < -0.4 is 4.90 Å². The zero-order valence-electron chi connectivity index (χ0n) is 26.0. The summed E-state index contributed by atoms with van der Waals surface area (Å²) in [5.41, 5.74) is 13.1. The maximum Gasteiger partial charge on any atom is 0.0467 e. The molecule has 0 amide bonds. The monoisotopic (exact) mass is 599 g/mol. The van der Waals surface area contributed by atoms with Gasteiger partial charge in [-0.2, -0.15) is 0 Å². The molecule has 1 nitrogen and oxygen atoms in total. The second-order valence-electron chi connectivity index (χ2n) is 11.8. The molecule has 1 heteroatoms. The first-order valence-electron chi connectivity index (χ1n) is 16.1. The molecule has 0 saturated carbocycles. The highest BCUT2D eigenvalue weighted by Gasteiger charge is 2.14. The van der Waals surface area contributed by atoms with Crippen molar-refractivity contribution in [2.75, 3.05) is 4.90 Å². The van der Waals surface area contributed by atoms with E-state index in [1.54, 1.807) is 0 Å². The van der Waals surface area contributed by atoms with Crippen molar-refractivity contribution in [1.82, 2.24) is 0 Å². The highest BCUT2D eigenvalue weighted by atomic mass is 15.1. The molecule has 8 aromatic carbocycles. The van der Waals surface area contributed by atoms with E-state index < -0.39 is 0 Å². The lowest BCUT2D eigenvalue weighted by Gasteiger charge is -2.26. The van der Waals surface area contributed by atoms with Crippen molar-refractivity contribution >= 4 is 27.8 Å². The molecule has 0 atom stereocenters. The fraction of sp³-hybridized carbons (Fsp3) is 0. The van der Waals surface area contributed by atoms with Crippen LogP contribution in [0, 0.1) is 0 Å². The summed E-state index contributed by atoms with van der Waals surface area (Å²) in [5.74, 6) is 0. The first-order chi connectivity index (χ1) is 23.3. The average Bonchev–Trinajstić information content (AvgIpc) is 3.16. The van der Waals surface area contributed by atoms with Crippen molar-refractivity contribution in [3.05, 3.63) is 200 Å². The van der Waals surface area contributed by atoms with E-state index in [1.807, 2.05) is 0 Å². The van der Waals surface area contributed by atoms with Crippen LogP contribution in [0.5, 0.6) is 0 Å². The van der Waals surface area contributed by atoms with Gasteiger partial charge in [-0.3, -0.25) is 0 Å². The first kappa shape index (κ1) is 28.3. The first-order valence-corrected chi connectivity index (χ1v) is 16.1. The molecule has 47 heavy (non-hydrogen) atoms. The Labute approximate surface area is 276 Å². The zero-order valence-corrected chi connectivity index (χ0v) is 26.0. The normalized spacial score (nSPS) is 11.0. The standard InChI is InChI=1S/C46H33N/c1-3-12-34(13-4-1)35-24-26-36(27-25-35)40-17-10-21-44(33-40)47(42-19-5-2-6-20-42)43-30-28-37(29-31-43)39-16-9-18-41(32-39)46-23-11-15-38-14-7-8-22-45(38)46/h1-33H. The van der Waals surface area contributed by atoms with Gasteiger partial charge in [0.25, 0.3) is 0 Å². The fourth-order valence-electron chi connectivity index (χ4n) is 6.48. The maximum absolute atomic E-state index is 2.33. The maximum atomic E-state index is 2.33. The fourth-order valence-corrected chi connectivity index (χ4v) is 6.48. The van der Waals surface area contributed by atoms with E-state index >= 15 is 0 Å². The molecule has 0 N–H and O–H groups in total. The molecule has 222 valence electrons. The zero-order chi connectivity index (χ0) is 31.4. The van der Waals surface area contributed by atoms with Gasteiger partial charge in [0.1, 0.15) is 0 Å². The van der Waals surface area contributed by atoms with E-state index in [4.69, 9.17) is 0 Å². The minimum absolute atomic E-state index is 1.11. The van der Waals surface area contributed by atoms with Gasteiger partial charge in [-0.15, -0.1) is 0 Å². The molecule has 0 heterocycles. The number of rotatable bonds is 7. The van der Waals surface area contributed by atoms with Gasteiger partial charge in [0.15, 0.2) is 0 Å². The van der Waals surface area contributed by atoms with Crippen molar-refractivity contribution in [1.29, 1.82) is 0 Å². The number of fused-ring (bicyclic) bond motifs is 1. The third-order valence-corrected chi connectivity index (χ3v) is 8.87. The van der Waals surface area contributed by atoms with Gasteiger partial charge in [0.05, 0.1) is 0 Å². The molecule has 0 unspecified atom stereocenters. The van der Waals surface area contributed by atoms with E-state index in [2.05, 4.69) is 205 Å². The summed E-state index contributed by atoms with van der Waals surface area (Å²) in [7, 11) is 0. The smallest absolute Gasteiger partial charge is 0.0467 e. The van der Waals surface area contributed by atoms with E-state index in [-0.39, 0.29) is 0 Å². The Balaban J connectivity index is 1.13. The summed E-state index contributed by atoms with van der Waals surface area (Å²) >= 11 is 0. The Morgan fingerprint density at radius 1 is 0.255 bits per heavy atom. The van der Waals surface area contributed by atoms with Gasteiger partial charge in [0, 0.05) is 17.1 Å². The number of benzene rings is 8. The molecule has 0 aromatic heterocycles. The minimum Gasteiger partial charge on any atom is -0.310 e. The lowest BCUT2D eigenvalue weighted by Crippen LogP contribution is -2.09. The Morgan fingerprint density at radius 3 is 1.45 bits per heavy atom. The van der Waals surface area contributed by atoms with Crippen LogP contribution >= 0.6 is 0 Å². The topological polar surface area (TPSA) is 3.24 Å². The van der Waals surface area contributed by atoms with Gasteiger partial charge < -0.3 is 4.90 Å². The molecule has 0 aliphatic rings. The minimum atomic E-state index is 1.11. The summed E-state index contributed by atoms with van der Waals surface area (Å²) in [5, 5.41) is 2.53. The second kappa shape index (κ2) is 12.7. The van der Waals surface area contributed by atoms with Crippen molar-refractivity contribution in [3.63, 3.8) is 0 Å². The number of nitrogens with zero attached hydrogens (tertiary/aromatic N) is 1. The van der Waals surface area contributed by atoms with Crippen molar-refractivity contribution in [2.24, 2.45) is 0 Å². The van der Waals surface area contributed by atoms with Crippen molar-refractivity contribution in [3.8, 4) is 44.5 Å². The predicted molar refractivity (Wildman–Crippen MR) is 200 cm³/mol. The summed E-state index contributed by atoms with van der Waals surface area (Å²) in [6.07, 6.45) is 0. The van der Waals surface area contributed by atoms with E-state index in [0.29, 0.717) is 0 Å². The van der Waals surface area contributed by atoms with Crippen molar-refractivity contribution in [2.45, 2.75) is 0 Å². The summed E-state index contributed by atoms with van der Waals surface area (Å²) in [4.78, 5) is 2.33. The second-order valence-corrected chi connectivity index (χ2v) is 11.8. The van der Waals surface area contributed by atoms with E-state index in [1.165, 1.54) is 55.3 Å². The van der Waals surface area contributed by atoms with Crippen LogP contribution in [0.3, 0.4) is 0 Å². The third-order valence-electron chi connectivity index (χ3n) is 8.87. The van der Waals surface area contributed by atoms with Crippen LogP contribution in [0.2, 0.25) is 0 Å². The molecule has 0 aliphatic carbocycles. The van der Waals surface area contributed by atoms with Gasteiger partial charge in [-0.05, 0) is 97.7 Å². The van der Waals surface area contributed by atoms with Crippen LogP contribution in [-0.4, -0.2) is 0 Å². The number of hydrogen-bond acceptors (Lipinski definition) is 1.